The van der Waals surface area contributed by atoms with E-state index in [-0.39, 0.29) is 5.97 Å². The maximum atomic E-state index is 12.3. The first-order valence-corrected chi connectivity index (χ1v) is 9.85. The maximum Gasteiger partial charge on any atom is 0.336 e. The van der Waals surface area contributed by atoms with E-state index >= 15 is 0 Å². The van der Waals surface area contributed by atoms with Gasteiger partial charge in [-0.3, -0.25) is 4.79 Å². The molecule has 1 aromatic heterocycles. The van der Waals surface area contributed by atoms with Gasteiger partial charge in [0.1, 0.15) is 23.0 Å². The van der Waals surface area contributed by atoms with Gasteiger partial charge in [0, 0.05) is 29.9 Å². The first-order chi connectivity index (χ1) is 12.9. The fraction of sp³-hybridized carbons (Fsp3) is 0.545. The smallest absolute Gasteiger partial charge is 0.336 e. The summed E-state index contributed by atoms with van der Waals surface area (Å²) in [6.45, 7) is 6.00. The Bertz CT molecular complexity index is 865. The predicted octanol–water partition coefficient (Wildman–Crippen LogP) is 4.78. The van der Waals surface area contributed by atoms with Crippen LogP contribution in [0.5, 0.6) is 5.75 Å². The monoisotopic (exact) mass is 372 g/mol. The van der Waals surface area contributed by atoms with Crippen molar-refractivity contribution in [2.24, 2.45) is 0 Å². The molecule has 3 rings (SSSR count). The van der Waals surface area contributed by atoms with Gasteiger partial charge in [-0.05, 0) is 38.5 Å². The Morgan fingerprint density at radius 2 is 1.89 bits per heavy atom. The van der Waals surface area contributed by atoms with Crippen molar-refractivity contribution in [3.05, 3.63) is 40.2 Å². The Morgan fingerprint density at radius 3 is 2.67 bits per heavy atom. The fourth-order valence-corrected chi connectivity index (χ4v) is 3.52. The molecule has 0 saturated carbocycles. The van der Waals surface area contributed by atoms with Crippen molar-refractivity contribution in [1.29, 1.82) is 0 Å². The molecule has 2 aromatic rings. The quantitative estimate of drug-likeness (QED) is 0.398. The average Bonchev–Trinajstić information content (AvgIpc) is 2.62. The summed E-state index contributed by atoms with van der Waals surface area (Å²) in [6.07, 6.45) is 5.90. The number of carbonyl (C=O) groups is 1. The highest BCUT2D eigenvalue weighted by Gasteiger charge is 2.40. The molecule has 146 valence electrons. The summed E-state index contributed by atoms with van der Waals surface area (Å²) in [5.74, 6) is 0.479. The molecule has 1 aliphatic heterocycles. The number of rotatable bonds is 7. The maximum absolute atomic E-state index is 12.3. The molecule has 0 bridgehead atoms. The summed E-state index contributed by atoms with van der Waals surface area (Å²) < 4.78 is 17.3. The van der Waals surface area contributed by atoms with Crippen LogP contribution in [-0.4, -0.2) is 17.7 Å². The predicted molar refractivity (Wildman–Crippen MR) is 104 cm³/mol. The van der Waals surface area contributed by atoms with Crippen molar-refractivity contribution in [3.63, 3.8) is 0 Å². The average molecular weight is 372 g/mol. The molecule has 0 amide bonds. The van der Waals surface area contributed by atoms with E-state index < -0.39 is 17.3 Å². The number of esters is 1. The summed E-state index contributed by atoms with van der Waals surface area (Å²) in [5.41, 5.74) is 0.246. The van der Waals surface area contributed by atoms with Crippen LogP contribution >= 0.6 is 0 Å². The van der Waals surface area contributed by atoms with Crippen LogP contribution in [0.25, 0.3) is 11.0 Å². The lowest BCUT2D eigenvalue weighted by atomic mass is 9.90. The normalized spacial score (nSPS) is 18.0. The van der Waals surface area contributed by atoms with Gasteiger partial charge in [-0.25, -0.2) is 4.79 Å². The van der Waals surface area contributed by atoms with Gasteiger partial charge in [-0.2, -0.15) is 0 Å². The molecule has 0 spiro atoms. The summed E-state index contributed by atoms with van der Waals surface area (Å²) >= 11 is 0. The largest absolute Gasteiger partial charge is 0.484 e. The number of carbonyl (C=O) groups excluding carboxylic acids is 1. The van der Waals surface area contributed by atoms with Crippen LogP contribution in [-0.2, 0) is 16.0 Å². The second-order valence-electron chi connectivity index (χ2n) is 7.77. The Hall–Kier alpha value is -2.30. The molecular formula is C22H28O5. The molecule has 5 nitrogen and oxygen atoms in total. The Labute approximate surface area is 159 Å². The number of unbranched alkanes of at least 4 members (excludes halogenated alkanes) is 4. The minimum atomic E-state index is -0.645. The van der Waals surface area contributed by atoms with Crippen LogP contribution in [0.1, 0.15) is 64.9 Å². The molecule has 1 atom stereocenters. The Balaban J connectivity index is 1.74. The van der Waals surface area contributed by atoms with E-state index in [1.54, 1.807) is 6.07 Å². The lowest BCUT2D eigenvalue weighted by molar-refractivity contribution is -0.161. The van der Waals surface area contributed by atoms with Crippen LogP contribution in [0.3, 0.4) is 0 Å². The van der Waals surface area contributed by atoms with Gasteiger partial charge < -0.3 is 13.9 Å². The Kier molecular flexibility index (Phi) is 5.88. The van der Waals surface area contributed by atoms with Crippen LogP contribution in [0, 0.1) is 0 Å². The first kappa shape index (κ1) is 19.5. The van der Waals surface area contributed by atoms with Gasteiger partial charge in [-0.15, -0.1) is 0 Å². The zero-order valence-corrected chi connectivity index (χ0v) is 16.4. The molecule has 0 aliphatic carbocycles. The molecule has 0 fully saturated rings. The molecular weight excluding hydrogens is 344 g/mol. The van der Waals surface area contributed by atoms with Gasteiger partial charge in [0.25, 0.3) is 0 Å². The van der Waals surface area contributed by atoms with E-state index in [2.05, 4.69) is 6.92 Å². The van der Waals surface area contributed by atoms with Crippen LogP contribution in [0.4, 0.5) is 0 Å². The van der Waals surface area contributed by atoms with Crippen molar-refractivity contribution in [2.45, 2.75) is 77.4 Å². The number of hydrogen-bond donors (Lipinski definition) is 0. The second-order valence-corrected chi connectivity index (χ2v) is 7.77. The highest BCUT2D eigenvalue weighted by atomic mass is 16.6. The lowest BCUT2D eigenvalue weighted by Gasteiger charge is -2.39. The first-order valence-electron chi connectivity index (χ1n) is 9.85. The third-order valence-electron chi connectivity index (χ3n) is 5.15. The van der Waals surface area contributed by atoms with Crippen molar-refractivity contribution in [3.8, 4) is 5.75 Å². The van der Waals surface area contributed by atoms with Gasteiger partial charge in [0.2, 0.25) is 0 Å². The van der Waals surface area contributed by atoms with E-state index in [0.29, 0.717) is 24.2 Å². The summed E-state index contributed by atoms with van der Waals surface area (Å²) in [4.78, 5) is 24.0. The van der Waals surface area contributed by atoms with Crippen molar-refractivity contribution in [1.82, 2.24) is 0 Å². The highest BCUT2D eigenvalue weighted by molar-refractivity contribution is 5.82. The zero-order valence-electron chi connectivity index (χ0n) is 16.4. The van der Waals surface area contributed by atoms with E-state index in [1.165, 1.54) is 18.9 Å². The molecule has 0 N–H and O–H groups in total. The number of benzene rings is 1. The molecule has 1 aromatic carbocycles. The van der Waals surface area contributed by atoms with Gasteiger partial charge in [0.15, 0.2) is 0 Å². The number of ether oxygens (including phenoxy) is 2. The van der Waals surface area contributed by atoms with Crippen molar-refractivity contribution in [2.75, 3.05) is 0 Å². The topological polar surface area (TPSA) is 65.7 Å². The van der Waals surface area contributed by atoms with Crippen LogP contribution < -0.4 is 10.4 Å². The van der Waals surface area contributed by atoms with E-state index in [4.69, 9.17) is 13.9 Å². The standard InChI is InChI=1S/C22H28O5/c1-4-5-6-7-8-9-19(23)25-18-14-16-17(27-22(18,2)3)12-10-15-11-13-20(24)26-21(15)16/h10-13,18H,4-9,14H2,1-3H3. The molecule has 0 radical (unpaired) electrons. The van der Waals surface area contributed by atoms with Crippen LogP contribution in [0.2, 0.25) is 0 Å². The SMILES string of the molecule is CCCCCCCC(=O)OC1Cc2c(ccc3ccc(=O)oc23)OC1(C)C. The Morgan fingerprint density at radius 1 is 1.15 bits per heavy atom. The number of hydrogen-bond acceptors (Lipinski definition) is 5. The molecule has 1 aliphatic rings. The van der Waals surface area contributed by atoms with E-state index in [1.807, 2.05) is 26.0 Å². The zero-order chi connectivity index (χ0) is 19.4. The minimum Gasteiger partial charge on any atom is -0.484 e. The van der Waals surface area contributed by atoms with Crippen molar-refractivity contribution >= 4 is 16.9 Å². The second kappa shape index (κ2) is 8.15. The summed E-state index contributed by atoms with van der Waals surface area (Å²) in [6, 6.07) is 6.89. The minimum absolute atomic E-state index is 0.196. The highest BCUT2D eigenvalue weighted by Crippen LogP contribution is 2.38. The van der Waals surface area contributed by atoms with E-state index in [9.17, 15) is 9.59 Å². The van der Waals surface area contributed by atoms with Gasteiger partial charge in [0.05, 0.1) is 0 Å². The molecule has 2 heterocycles. The third kappa shape index (κ3) is 4.52. The number of fused-ring (bicyclic) bond motifs is 3. The lowest BCUT2D eigenvalue weighted by Crippen LogP contribution is -2.48. The van der Waals surface area contributed by atoms with Crippen molar-refractivity contribution < 1.29 is 18.7 Å². The van der Waals surface area contributed by atoms with Gasteiger partial charge >= 0.3 is 11.6 Å². The molecule has 1 unspecified atom stereocenters. The molecule has 27 heavy (non-hydrogen) atoms. The van der Waals surface area contributed by atoms with E-state index in [0.717, 1.165) is 30.2 Å². The van der Waals surface area contributed by atoms with Crippen LogP contribution in [0.15, 0.2) is 33.5 Å². The van der Waals surface area contributed by atoms with Gasteiger partial charge in [-0.1, -0.05) is 32.6 Å². The molecule has 5 heteroatoms. The third-order valence-corrected chi connectivity index (χ3v) is 5.15. The fourth-order valence-electron chi connectivity index (χ4n) is 3.52. The summed E-state index contributed by atoms with van der Waals surface area (Å²) in [7, 11) is 0. The molecule has 0 saturated heterocycles. The summed E-state index contributed by atoms with van der Waals surface area (Å²) in [5, 5.41) is 0.831.